The van der Waals surface area contributed by atoms with E-state index in [9.17, 15) is 4.79 Å². The van der Waals surface area contributed by atoms with E-state index in [1.165, 1.54) is 39.0 Å². The van der Waals surface area contributed by atoms with Crippen molar-refractivity contribution in [3.05, 3.63) is 17.8 Å². The molecule has 1 saturated carbocycles. The first kappa shape index (κ1) is 13.6. The summed E-state index contributed by atoms with van der Waals surface area (Å²) < 4.78 is 4.69. The van der Waals surface area contributed by atoms with Crippen molar-refractivity contribution in [1.82, 2.24) is 4.98 Å². The van der Waals surface area contributed by atoms with Crippen molar-refractivity contribution in [2.24, 2.45) is 5.41 Å². The predicted octanol–water partition coefficient (Wildman–Crippen LogP) is 2.44. The van der Waals surface area contributed by atoms with Crippen molar-refractivity contribution in [1.29, 1.82) is 0 Å². The zero-order valence-electron chi connectivity index (χ0n) is 11.5. The second-order valence-electron chi connectivity index (χ2n) is 5.25. The number of nitrogens with two attached hydrogens (primary N) is 1. The number of esters is 1. The van der Waals surface area contributed by atoms with E-state index in [1.807, 2.05) is 0 Å². The van der Waals surface area contributed by atoms with Crippen LogP contribution in [0, 0.1) is 5.41 Å². The second-order valence-corrected chi connectivity index (χ2v) is 5.25. The molecule has 19 heavy (non-hydrogen) atoms. The summed E-state index contributed by atoms with van der Waals surface area (Å²) in [5.74, 6) is 0.245. The van der Waals surface area contributed by atoms with Crippen LogP contribution in [0.25, 0.3) is 0 Å². The molecule has 1 aliphatic carbocycles. The van der Waals surface area contributed by atoms with Gasteiger partial charge in [0.1, 0.15) is 5.82 Å². The Labute approximate surface area is 113 Å². The van der Waals surface area contributed by atoms with E-state index in [2.05, 4.69) is 17.2 Å². The van der Waals surface area contributed by atoms with E-state index in [-0.39, 0.29) is 0 Å². The maximum Gasteiger partial charge on any atom is 0.340 e. The molecule has 0 aliphatic heterocycles. The highest BCUT2D eigenvalue weighted by Gasteiger charge is 2.41. The van der Waals surface area contributed by atoms with E-state index in [0.717, 1.165) is 6.54 Å². The number of carbonyl (C=O) groups excluding carboxylic acids is 1. The molecule has 0 radical (unpaired) electrons. The molecule has 0 saturated heterocycles. The van der Waals surface area contributed by atoms with Gasteiger partial charge in [-0.3, -0.25) is 0 Å². The Morgan fingerprint density at radius 2 is 2.32 bits per heavy atom. The first-order valence-corrected chi connectivity index (χ1v) is 6.68. The molecule has 1 aliphatic rings. The topological polar surface area (TPSA) is 77.2 Å². The lowest BCUT2D eigenvalue weighted by Crippen LogP contribution is -2.16. The predicted molar refractivity (Wildman–Crippen MR) is 75.1 cm³/mol. The van der Waals surface area contributed by atoms with Gasteiger partial charge in [0, 0.05) is 6.54 Å². The molecule has 1 fully saturated rings. The fourth-order valence-electron chi connectivity index (χ4n) is 2.35. The van der Waals surface area contributed by atoms with Crippen LogP contribution in [0.5, 0.6) is 0 Å². The summed E-state index contributed by atoms with van der Waals surface area (Å²) in [6.45, 7) is 3.11. The number of methoxy groups -OCH3 is 1. The lowest BCUT2D eigenvalue weighted by Gasteiger charge is -2.15. The number of carbonyl (C=O) groups is 1. The van der Waals surface area contributed by atoms with Crippen molar-refractivity contribution >= 4 is 17.5 Å². The largest absolute Gasteiger partial charge is 0.465 e. The summed E-state index contributed by atoms with van der Waals surface area (Å²) in [6, 6.07) is 1.66. The minimum atomic E-state index is -0.433. The number of anilines is 2. The van der Waals surface area contributed by atoms with Gasteiger partial charge < -0.3 is 15.8 Å². The summed E-state index contributed by atoms with van der Waals surface area (Å²) in [4.78, 5) is 15.7. The zero-order valence-corrected chi connectivity index (χ0v) is 11.5. The molecule has 0 unspecified atom stereocenters. The quantitative estimate of drug-likeness (QED) is 0.771. The molecular formula is C14H21N3O2. The van der Waals surface area contributed by atoms with E-state index in [1.54, 1.807) is 6.07 Å². The fraction of sp³-hybridized carbons (Fsp3) is 0.571. The molecule has 5 nitrogen and oxygen atoms in total. The zero-order chi connectivity index (χ0) is 13.9. The Morgan fingerprint density at radius 1 is 1.58 bits per heavy atom. The van der Waals surface area contributed by atoms with Gasteiger partial charge in [-0.1, -0.05) is 13.3 Å². The highest BCUT2D eigenvalue weighted by Crippen LogP contribution is 2.49. The Morgan fingerprint density at radius 3 is 2.89 bits per heavy atom. The van der Waals surface area contributed by atoms with Crippen molar-refractivity contribution in [3.8, 4) is 0 Å². The highest BCUT2D eigenvalue weighted by molar-refractivity contribution is 5.95. The van der Waals surface area contributed by atoms with Crippen LogP contribution < -0.4 is 11.1 Å². The Balaban J connectivity index is 2.03. The normalized spacial score (nSPS) is 15.9. The molecule has 5 heteroatoms. The monoisotopic (exact) mass is 263 g/mol. The average molecular weight is 263 g/mol. The van der Waals surface area contributed by atoms with Gasteiger partial charge in [-0.25, -0.2) is 9.78 Å². The summed E-state index contributed by atoms with van der Waals surface area (Å²) >= 11 is 0. The van der Waals surface area contributed by atoms with Gasteiger partial charge in [-0.05, 0) is 30.7 Å². The smallest absolute Gasteiger partial charge is 0.340 e. The van der Waals surface area contributed by atoms with Gasteiger partial charge in [0.25, 0.3) is 0 Å². The number of hydrogen-bond donors (Lipinski definition) is 2. The Bertz CT molecular complexity index is 470. The molecule has 2 rings (SSSR count). The third-order valence-electron chi connectivity index (χ3n) is 3.72. The number of aromatic nitrogens is 1. The third-order valence-corrected chi connectivity index (χ3v) is 3.72. The number of rotatable bonds is 6. The number of nitrogen functional groups attached to an aromatic ring is 1. The van der Waals surface area contributed by atoms with Crippen molar-refractivity contribution in [2.75, 3.05) is 24.7 Å². The van der Waals surface area contributed by atoms with Crippen LogP contribution in [-0.4, -0.2) is 24.6 Å². The third kappa shape index (κ3) is 3.16. The van der Waals surface area contributed by atoms with Gasteiger partial charge in [-0.2, -0.15) is 0 Å². The molecule has 3 N–H and O–H groups in total. The van der Waals surface area contributed by atoms with Crippen LogP contribution in [0.1, 0.15) is 43.0 Å². The van der Waals surface area contributed by atoms with Gasteiger partial charge >= 0.3 is 5.97 Å². The average Bonchev–Trinajstić information content (AvgIpc) is 3.17. The molecular weight excluding hydrogens is 242 g/mol. The molecule has 1 aromatic heterocycles. The summed E-state index contributed by atoms with van der Waals surface area (Å²) in [6.07, 6.45) is 6.47. The van der Waals surface area contributed by atoms with Crippen LogP contribution >= 0.6 is 0 Å². The van der Waals surface area contributed by atoms with E-state index < -0.39 is 5.97 Å². The molecule has 1 heterocycles. The van der Waals surface area contributed by atoms with E-state index in [4.69, 9.17) is 10.5 Å². The molecule has 1 aromatic rings. The summed E-state index contributed by atoms with van der Waals surface area (Å²) in [5.41, 5.74) is 6.85. The van der Waals surface area contributed by atoms with Gasteiger partial charge in [0.2, 0.25) is 0 Å². The lowest BCUT2D eigenvalue weighted by atomic mass is 10.0. The minimum absolute atomic E-state index is 0.340. The van der Waals surface area contributed by atoms with E-state index >= 15 is 0 Å². The van der Waals surface area contributed by atoms with Crippen LogP contribution in [0.4, 0.5) is 11.5 Å². The number of nitrogens with one attached hydrogen (secondary N) is 1. The number of ether oxygens (including phenoxy) is 1. The molecule has 0 bridgehead atoms. The van der Waals surface area contributed by atoms with Crippen LogP contribution in [0.2, 0.25) is 0 Å². The van der Waals surface area contributed by atoms with Crippen LogP contribution in [0.15, 0.2) is 12.3 Å². The Hall–Kier alpha value is -1.78. The minimum Gasteiger partial charge on any atom is -0.465 e. The highest BCUT2D eigenvalue weighted by atomic mass is 16.5. The Kier molecular flexibility index (Phi) is 3.93. The van der Waals surface area contributed by atoms with Gasteiger partial charge in [0.05, 0.1) is 24.6 Å². The van der Waals surface area contributed by atoms with E-state index in [0.29, 0.717) is 22.5 Å². The number of pyridine rings is 1. The molecule has 0 aromatic carbocycles. The fourth-order valence-corrected chi connectivity index (χ4v) is 2.35. The maximum atomic E-state index is 11.5. The van der Waals surface area contributed by atoms with Crippen LogP contribution in [-0.2, 0) is 4.74 Å². The van der Waals surface area contributed by atoms with Gasteiger partial charge in [-0.15, -0.1) is 0 Å². The molecule has 0 spiro atoms. The summed E-state index contributed by atoms with van der Waals surface area (Å²) in [5, 5.41) is 3.30. The van der Waals surface area contributed by atoms with Gasteiger partial charge in [0.15, 0.2) is 0 Å². The van der Waals surface area contributed by atoms with Crippen molar-refractivity contribution in [3.63, 3.8) is 0 Å². The maximum absolute atomic E-state index is 11.5. The lowest BCUT2D eigenvalue weighted by molar-refractivity contribution is 0.0602. The first-order chi connectivity index (χ1) is 9.10. The van der Waals surface area contributed by atoms with Crippen LogP contribution in [0.3, 0.4) is 0 Å². The summed E-state index contributed by atoms with van der Waals surface area (Å²) in [7, 11) is 1.34. The second kappa shape index (κ2) is 5.47. The molecule has 0 atom stereocenters. The standard InChI is InChI=1S/C14H21N3O2/c1-3-4-14(5-6-14)9-17-12-7-10(13(18)19-2)11(15)8-16-12/h7-8H,3-6,9,15H2,1-2H3,(H,16,17). The van der Waals surface area contributed by atoms with Crippen molar-refractivity contribution in [2.45, 2.75) is 32.6 Å². The number of nitrogens with zero attached hydrogens (tertiary/aromatic N) is 1. The number of hydrogen-bond acceptors (Lipinski definition) is 5. The SMILES string of the molecule is CCCC1(CNc2cc(C(=O)OC)c(N)cn2)CC1. The van der Waals surface area contributed by atoms with Crippen molar-refractivity contribution < 1.29 is 9.53 Å². The first-order valence-electron chi connectivity index (χ1n) is 6.68. The molecule has 104 valence electrons. The molecule has 0 amide bonds.